The lowest BCUT2D eigenvalue weighted by molar-refractivity contribution is 0.827. The Kier molecular flexibility index (Phi) is 5.96. The summed E-state index contributed by atoms with van der Waals surface area (Å²) in [5.74, 6) is 0.0684. The first kappa shape index (κ1) is 27.7. The number of benzene rings is 6. The summed E-state index contributed by atoms with van der Waals surface area (Å²) >= 11 is 1.88. The van der Waals surface area contributed by atoms with Gasteiger partial charge >= 0.3 is 0 Å². The van der Waals surface area contributed by atoms with Crippen LogP contribution in [0.2, 0.25) is 0 Å². The monoisotopic (exact) mass is 642 g/mol. The number of hydrogen-bond acceptors (Lipinski definition) is 3. The van der Waals surface area contributed by atoms with Crippen molar-refractivity contribution in [3.05, 3.63) is 161 Å². The molecule has 5 heteroatoms. The Morgan fingerprint density at radius 1 is 0.592 bits per heavy atom. The Bertz CT molecular complexity index is 2940. The van der Waals surface area contributed by atoms with Crippen molar-refractivity contribution in [2.45, 2.75) is 12.3 Å². The van der Waals surface area contributed by atoms with E-state index in [1.54, 1.807) is 0 Å². The molecule has 0 bridgehead atoms. The Balaban J connectivity index is 1.18. The van der Waals surface area contributed by atoms with Gasteiger partial charge in [0.2, 0.25) is 0 Å². The second-order valence-corrected chi connectivity index (χ2v) is 13.8. The highest BCUT2D eigenvalue weighted by Crippen LogP contribution is 2.46. The van der Waals surface area contributed by atoms with Crippen LogP contribution in [0.15, 0.2) is 133 Å². The van der Waals surface area contributed by atoms with Crippen LogP contribution in [0.25, 0.3) is 71.1 Å². The third-order valence-corrected chi connectivity index (χ3v) is 11.4. The Hall–Kier alpha value is -6.40. The predicted octanol–water partition coefficient (Wildman–Crippen LogP) is 11.2. The summed E-state index contributed by atoms with van der Waals surface area (Å²) in [6.45, 7) is 0. The SMILES string of the molecule is N#Cc1ccc(-n2c3ccccc3c3cc(C#N)ccc32)c(C2C=Cc3sc4c(ccc5c6ccccc6n(-c6ccccc6)c54)c3C2)c1. The molecule has 0 radical (unpaired) electrons. The first-order valence-electron chi connectivity index (χ1n) is 16.4. The zero-order valence-corrected chi connectivity index (χ0v) is 27.1. The van der Waals surface area contributed by atoms with Crippen molar-refractivity contribution in [2.24, 2.45) is 0 Å². The summed E-state index contributed by atoms with van der Waals surface area (Å²) in [5, 5.41) is 25.7. The van der Waals surface area contributed by atoms with Gasteiger partial charge in [-0.1, -0.05) is 72.8 Å². The number of fused-ring (bicyclic) bond motifs is 10. The Morgan fingerprint density at radius 3 is 2.04 bits per heavy atom. The van der Waals surface area contributed by atoms with E-state index < -0.39 is 0 Å². The number of para-hydroxylation sites is 3. The summed E-state index contributed by atoms with van der Waals surface area (Å²) in [5.41, 5.74) is 10.6. The van der Waals surface area contributed by atoms with Crippen LogP contribution >= 0.6 is 11.3 Å². The standard InChI is InChI=1S/C44H26N4S/c45-25-27-14-19-40(48-39-13-7-5-11-32(39)36-23-28(26-46)15-20-41(36)48)35(22-27)29-16-21-42-37(24-29)34-18-17-33-31-10-4-6-12-38(31)47(43(33)44(34)49-42)30-8-2-1-3-9-30/h1-23,29H,24H2. The van der Waals surface area contributed by atoms with Gasteiger partial charge < -0.3 is 9.13 Å². The molecule has 4 nitrogen and oxygen atoms in total. The van der Waals surface area contributed by atoms with Gasteiger partial charge in [-0.2, -0.15) is 10.5 Å². The summed E-state index contributed by atoms with van der Waals surface area (Å²) < 4.78 is 6.03. The molecule has 0 fully saturated rings. The lowest BCUT2D eigenvalue weighted by Crippen LogP contribution is -2.09. The fraction of sp³-hybridized carbons (Fsp3) is 0.0455. The van der Waals surface area contributed by atoms with Gasteiger partial charge in [0.1, 0.15) is 0 Å². The van der Waals surface area contributed by atoms with Crippen LogP contribution < -0.4 is 0 Å². The molecule has 1 aliphatic rings. The minimum absolute atomic E-state index is 0.0684. The third-order valence-electron chi connectivity index (χ3n) is 10.1. The molecule has 3 aromatic heterocycles. The molecular weight excluding hydrogens is 617 g/mol. The molecular formula is C44H26N4S. The summed E-state index contributed by atoms with van der Waals surface area (Å²) in [4.78, 5) is 1.29. The predicted molar refractivity (Wildman–Crippen MR) is 202 cm³/mol. The molecule has 1 aliphatic carbocycles. The van der Waals surface area contributed by atoms with Crippen molar-refractivity contribution in [3.8, 4) is 23.5 Å². The number of thiophene rings is 1. The zero-order valence-electron chi connectivity index (χ0n) is 26.3. The first-order chi connectivity index (χ1) is 24.2. The van der Waals surface area contributed by atoms with Gasteiger partial charge in [0, 0.05) is 38.0 Å². The smallest absolute Gasteiger partial charge is 0.0991 e. The molecule has 228 valence electrons. The highest BCUT2D eigenvalue weighted by atomic mass is 32.1. The largest absolute Gasteiger partial charge is 0.309 e. The summed E-state index contributed by atoms with van der Waals surface area (Å²) in [6, 6.07) is 49.1. The molecule has 10 rings (SSSR count). The molecule has 9 aromatic rings. The maximum absolute atomic E-state index is 10.0. The van der Waals surface area contributed by atoms with Crippen LogP contribution in [0.1, 0.15) is 33.0 Å². The minimum atomic E-state index is 0.0684. The van der Waals surface area contributed by atoms with Gasteiger partial charge in [-0.05, 0) is 89.7 Å². The van der Waals surface area contributed by atoms with Crippen molar-refractivity contribution in [1.29, 1.82) is 10.5 Å². The fourth-order valence-corrected chi connectivity index (χ4v) is 9.28. The Morgan fingerprint density at radius 2 is 1.24 bits per heavy atom. The molecule has 0 saturated heterocycles. The van der Waals surface area contributed by atoms with Crippen LogP contribution in [0.3, 0.4) is 0 Å². The second-order valence-electron chi connectivity index (χ2n) is 12.7. The average molecular weight is 643 g/mol. The third kappa shape index (κ3) is 4.01. The molecule has 0 saturated carbocycles. The number of aromatic nitrogens is 2. The fourth-order valence-electron chi connectivity index (χ4n) is 7.99. The van der Waals surface area contributed by atoms with Crippen molar-refractivity contribution < 1.29 is 0 Å². The van der Waals surface area contributed by atoms with Gasteiger partial charge in [0.25, 0.3) is 0 Å². The number of rotatable bonds is 3. The van der Waals surface area contributed by atoms with E-state index in [4.69, 9.17) is 0 Å². The van der Waals surface area contributed by atoms with Gasteiger partial charge in [0.15, 0.2) is 0 Å². The molecule has 0 aliphatic heterocycles. The van der Waals surface area contributed by atoms with Crippen LogP contribution in [0.5, 0.6) is 0 Å². The number of nitrogens with zero attached hydrogens (tertiary/aromatic N) is 4. The quantitative estimate of drug-likeness (QED) is 0.193. The maximum Gasteiger partial charge on any atom is 0.0991 e. The topological polar surface area (TPSA) is 57.4 Å². The van der Waals surface area contributed by atoms with E-state index in [1.165, 1.54) is 42.3 Å². The molecule has 6 aromatic carbocycles. The average Bonchev–Trinajstić information content (AvgIpc) is 3.82. The van der Waals surface area contributed by atoms with Crippen molar-refractivity contribution in [2.75, 3.05) is 0 Å². The van der Waals surface area contributed by atoms with E-state index in [0.717, 1.165) is 45.2 Å². The lowest BCUT2D eigenvalue weighted by atomic mass is 9.85. The molecule has 1 unspecified atom stereocenters. The molecule has 1 atom stereocenters. The van der Waals surface area contributed by atoms with Crippen molar-refractivity contribution in [1.82, 2.24) is 9.13 Å². The molecule has 0 amide bonds. The normalized spacial score (nSPS) is 14.1. The van der Waals surface area contributed by atoms with E-state index in [1.807, 2.05) is 41.7 Å². The molecule has 0 spiro atoms. The van der Waals surface area contributed by atoms with E-state index in [9.17, 15) is 10.5 Å². The van der Waals surface area contributed by atoms with Gasteiger partial charge in [0.05, 0.1) is 55.7 Å². The van der Waals surface area contributed by atoms with Crippen LogP contribution in [0, 0.1) is 22.7 Å². The first-order valence-corrected chi connectivity index (χ1v) is 17.2. The molecule has 0 N–H and O–H groups in total. The van der Waals surface area contributed by atoms with Crippen molar-refractivity contribution >= 4 is 71.1 Å². The van der Waals surface area contributed by atoms with Gasteiger partial charge in [-0.3, -0.25) is 0 Å². The minimum Gasteiger partial charge on any atom is -0.309 e. The van der Waals surface area contributed by atoms with Crippen LogP contribution in [-0.4, -0.2) is 9.13 Å². The van der Waals surface area contributed by atoms with E-state index in [-0.39, 0.29) is 5.92 Å². The highest BCUT2D eigenvalue weighted by molar-refractivity contribution is 7.21. The van der Waals surface area contributed by atoms with E-state index in [2.05, 4.69) is 130 Å². The van der Waals surface area contributed by atoms with Crippen LogP contribution in [-0.2, 0) is 6.42 Å². The van der Waals surface area contributed by atoms with E-state index in [0.29, 0.717) is 11.1 Å². The molecule has 3 heterocycles. The summed E-state index contributed by atoms with van der Waals surface area (Å²) in [7, 11) is 0. The van der Waals surface area contributed by atoms with Gasteiger partial charge in [-0.25, -0.2) is 0 Å². The lowest BCUT2D eigenvalue weighted by Gasteiger charge is -2.22. The number of allylic oxidation sites excluding steroid dienone is 1. The van der Waals surface area contributed by atoms with Crippen molar-refractivity contribution in [3.63, 3.8) is 0 Å². The number of hydrogen-bond donors (Lipinski definition) is 0. The number of nitriles is 2. The zero-order chi connectivity index (χ0) is 32.6. The second kappa shape index (κ2) is 10.6. The maximum atomic E-state index is 10.0. The Labute approximate surface area is 286 Å². The van der Waals surface area contributed by atoms with Gasteiger partial charge in [-0.15, -0.1) is 11.3 Å². The van der Waals surface area contributed by atoms with Crippen LogP contribution in [0.4, 0.5) is 0 Å². The van der Waals surface area contributed by atoms with E-state index >= 15 is 0 Å². The summed E-state index contributed by atoms with van der Waals surface area (Å²) in [6.07, 6.45) is 5.45. The highest BCUT2D eigenvalue weighted by Gasteiger charge is 2.26. The molecule has 49 heavy (non-hydrogen) atoms.